The fourth-order valence-electron chi connectivity index (χ4n) is 3.48. The zero-order valence-corrected chi connectivity index (χ0v) is 18.5. The smallest absolute Gasteiger partial charge is 0.387 e. The van der Waals surface area contributed by atoms with Crippen LogP contribution in [0, 0.1) is 0 Å². The van der Waals surface area contributed by atoms with Crippen molar-refractivity contribution in [1.82, 2.24) is 20.6 Å². The number of halogens is 2. The predicted octanol–water partition coefficient (Wildman–Crippen LogP) is 3.45. The van der Waals surface area contributed by atoms with Crippen LogP contribution >= 0.6 is 0 Å². The Kier molecular flexibility index (Phi) is 7.28. The van der Waals surface area contributed by atoms with Crippen molar-refractivity contribution in [2.24, 2.45) is 0 Å². The Morgan fingerprint density at radius 2 is 1.91 bits per heavy atom. The average Bonchev–Trinajstić information content (AvgIpc) is 3.61. The lowest BCUT2D eigenvalue weighted by atomic mass is 10.1. The van der Waals surface area contributed by atoms with Crippen LogP contribution in [-0.4, -0.2) is 39.8 Å². The van der Waals surface area contributed by atoms with E-state index in [0.29, 0.717) is 11.3 Å². The van der Waals surface area contributed by atoms with Gasteiger partial charge in [-0.1, -0.05) is 24.3 Å². The topological polar surface area (TPSA) is 126 Å². The first-order chi connectivity index (χ1) is 16.8. The molecule has 1 amide bonds. The number of aromatic nitrogens is 2. The molecule has 0 saturated carbocycles. The molecule has 0 radical (unpaired) electrons. The van der Waals surface area contributed by atoms with Gasteiger partial charge in [-0.05, 0) is 48.4 Å². The summed E-state index contributed by atoms with van der Waals surface area (Å²) in [6, 6.07) is 14.0. The monoisotopic (exact) mass is 484 g/mol. The molecule has 3 N–H and O–H groups in total. The first kappa shape index (κ1) is 24.2. The molecule has 1 fully saturated rings. The second-order valence-electron chi connectivity index (χ2n) is 7.83. The molecule has 3 atom stereocenters. The van der Waals surface area contributed by atoms with E-state index in [1.807, 2.05) is 6.92 Å². The Morgan fingerprint density at radius 3 is 2.63 bits per heavy atom. The third kappa shape index (κ3) is 6.34. The van der Waals surface area contributed by atoms with Crippen LogP contribution < -0.4 is 15.4 Å². The third-order valence-electron chi connectivity index (χ3n) is 5.35. The first-order valence-electron chi connectivity index (χ1n) is 10.7. The quantitative estimate of drug-likeness (QED) is 0.374. The van der Waals surface area contributed by atoms with E-state index >= 15 is 0 Å². The summed E-state index contributed by atoms with van der Waals surface area (Å²) in [6.07, 6.45) is 0.578. The van der Waals surface area contributed by atoms with Crippen LogP contribution in [0.5, 0.6) is 5.75 Å². The molecule has 0 spiro atoms. The number of rotatable bonds is 10. The zero-order chi connectivity index (χ0) is 24.9. The van der Waals surface area contributed by atoms with Crippen LogP contribution in [0.4, 0.5) is 8.78 Å². The number of nitrogens with zero attached hydrogens (tertiary/aromatic N) is 2. The van der Waals surface area contributed by atoms with Gasteiger partial charge in [-0.15, -0.1) is 0 Å². The Bertz CT molecular complexity index is 1210. The number of carbonyl (C=O) groups excluding carboxylic acids is 1. The van der Waals surface area contributed by atoms with Crippen LogP contribution in [0.15, 0.2) is 60.9 Å². The minimum absolute atomic E-state index is 0.00699. The molecule has 2 aromatic carbocycles. The number of carboxylic acids is 1. The fourth-order valence-corrected chi connectivity index (χ4v) is 3.48. The van der Waals surface area contributed by atoms with Gasteiger partial charge in [-0.3, -0.25) is 10.1 Å². The predicted molar refractivity (Wildman–Crippen MR) is 119 cm³/mol. The number of ether oxygens (including phenoxy) is 2. The summed E-state index contributed by atoms with van der Waals surface area (Å²) in [6.45, 7) is -0.905. The summed E-state index contributed by atoms with van der Waals surface area (Å²) in [5.41, 5.74) is 2.37. The highest BCUT2D eigenvalue weighted by Crippen LogP contribution is 2.37. The highest BCUT2D eigenvalue weighted by atomic mass is 19.3. The molecular formula is C24H22F2N4O5. The number of amides is 1. The summed E-state index contributed by atoms with van der Waals surface area (Å²) in [4.78, 5) is 31.7. The van der Waals surface area contributed by atoms with E-state index in [1.165, 1.54) is 24.5 Å². The molecule has 9 nitrogen and oxygen atoms in total. The maximum absolute atomic E-state index is 12.5. The molecular weight excluding hydrogens is 462 g/mol. The fraction of sp³-hybridized carbons (Fsp3) is 0.250. The van der Waals surface area contributed by atoms with Crippen molar-refractivity contribution in [1.29, 1.82) is 0 Å². The molecule has 2 heterocycles. The maximum atomic E-state index is 12.5. The number of nitrogens with one attached hydrogen (secondary N) is 2. The van der Waals surface area contributed by atoms with Crippen LogP contribution in [0.1, 0.15) is 56.7 Å². The van der Waals surface area contributed by atoms with Gasteiger partial charge in [0.05, 0.1) is 11.3 Å². The van der Waals surface area contributed by atoms with E-state index < -0.39 is 18.5 Å². The van der Waals surface area contributed by atoms with E-state index in [0.717, 1.165) is 5.56 Å². The lowest BCUT2D eigenvalue weighted by Gasteiger charge is -2.12. The van der Waals surface area contributed by atoms with Crippen molar-refractivity contribution in [2.45, 2.75) is 38.5 Å². The molecule has 1 aliphatic rings. The number of alkyl halides is 2. The van der Waals surface area contributed by atoms with Gasteiger partial charge in [-0.2, -0.15) is 8.78 Å². The zero-order valence-electron chi connectivity index (χ0n) is 18.5. The van der Waals surface area contributed by atoms with Crippen molar-refractivity contribution in [3.8, 4) is 5.75 Å². The highest BCUT2D eigenvalue weighted by Gasteiger charge is 2.42. The minimum Gasteiger partial charge on any atom is -0.478 e. The number of carbonyl (C=O) groups is 2. The Labute approximate surface area is 199 Å². The first-order valence-corrected chi connectivity index (χ1v) is 10.7. The summed E-state index contributed by atoms with van der Waals surface area (Å²) >= 11 is 0. The van der Waals surface area contributed by atoms with Crippen LogP contribution in [0.25, 0.3) is 0 Å². The Morgan fingerprint density at radius 1 is 1.14 bits per heavy atom. The number of aromatic carboxylic acids is 1. The molecule has 3 aromatic rings. The lowest BCUT2D eigenvalue weighted by Crippen LogP contribution is -2.24. The van der Waals surface area contributed by atoms with E-state index in [1.54, 1.807) is 36.4 Å². The van der Waals surface area contributed by atoms with Gasteiger partial charge < -0.3 is 19.9 Å². The van der Waals surface area contributed by atoms with Crippen molar-refractivity contribution in [2.75, 3.05) is 0 Å². The minimum atomic E-state index is -2.93. The normalized spacial score (nSPS) is 17.6. The van der Waals surface area contributed by atoms with Gasteiger partial charge in [0.15, 0.2) is 0 Å². The van der Waals surface area contributed by atoms with E-state index in [9.17, 15) is 18.4 Å². The Balaban J connectivity index is 1.32. The third-order valence-corrected chi connectivity index (χ3v) is 5.35. The molecule has 35 heavy (non-hydrogen) atoms. The van der Waals surface area contributed by atoms with Gasteiger partial charge in [0.2, 0.25) is 0 Å². The molecule has 11 heteroatoms. The van der Waals surface area contributed by atoms with Gasteiger partial charge >= 0.3 is 12.6 Å². The maximum Gasteiger partial charge on any atom is 0.387 e. The summed E-state index contributed by atoms with van der Waals surface area (Å²) < 4.78 is 34.8. The molecule has 0 aliphatic carbocycles. The van der Waals surface area contributed by atoms with Crippen LogP contribution in [0.2, 0.25) is 0 Å². The standard InChI is InChI=1S/C24H22F2N4O5/c1-13(15-5-7-16(8-6-15)23(32)33)30-22-20(35-22)18-10-19(29-12-28-18)21(31)27-11-14-3-2-4-17(9-14)34-24(25)26/h2-10,12-13,20,22,24,30H,11H2,1H3,(H,27,31)(H,32,33)/t13-,20?,22?/m0/s1. The van der Waals surface area contributed by atoms with E-state index in [2.05, 4.69) is 25.3 Å². The summed E-state index contributed by atoms with van der Waals surface area (Å²) in [5, 5.41) is 15.0. The molecule has 4 rings (SSSR count). The second kappa shape index (κ2) is 10.5. The van der Waals surface area contributed by atoms with Gasteiger partial charge in [-0.25, -0.2) is 14.8 Å². The van der Waals surface area contributed by atoms with E-state index in [4.69, 9.17) is 9.84 Å². The van der Waals surface area contributed by atoms with Crippen molar-refractivity contribution in [3.05, 3.63) is 89.0 Å². The number of benzene rings is 2. The molecule has 1 aliphatic heterocycles. The summed E-state index contributed by atoms with van der Waals surface area (Å²) in [7, 11) is 0. The second-order valence-corrected chi connectivity index (χ2v) is 7.83. The Hall–Kier alpha value is -3.96. The lowest BCUT2D eigenvalue weighted by molar-refractivity contribution is -0.0499. The molecule has 1 aromatic heterocycles. The van der Waals surface area contributed by atoms with E-state index in [-0.39, 0.29) is 41.9 Å². The number of epoxide rings is 1. The average molecular weight is 484 g/mol. The van der Waals surface area contributed by atoms with Crippen molar-refractivity contribution >= 4 is 11.9 Å². The largest absolute Gasteiger partial charge is 0.478 e. The number of hydrogen-bond donors (Lipinski definition) is 3. The molecule has 182 valence electrons. The molecule has 0 bridgehead atoms. The van der Waals surface area contributed by atoms with Gasteiger partial charge in [0, 0.05) is 12.6 Å². The van der Waals surface area contributed by atoms with Crippen LogP contribution in [0.3, 0.4) is 0 Å². The van der Waals surface area contributed by atoms with Gasteiger partial charge in [0.1, 0.15) is 30.1 Å². The van der Waals surface area contributed by atoms with Gasteiger partial charge in [0.25, 0.3) is 5.91 Å². The summed E-state index contributed by atoms with van der Waals surface area (Å²) in [5.74, 6) is -1.43. The molecule has 1 saturated heterocycles. The molecule has 2 unspecified atom stereocenters. The highest BCUT2D eigenvalue weighted by molar-refractivity contribution is 5.92. The SMILES string of the molecule is C[C@H](NC1OC1c1cc(C(=O)NCc2cccc(OC(F)F)c2)ncn1)c1ccc(C(=O)O)cc1. The number of carboxylic acid groups (broad SMARTS) is 1. The van der Waals surface area contributed by atoms with Crippen molar-refractivity contribution < 1.29 is 33.0 Å². The van der Waals surface area contributed by atoms with Crippen molar-refractivity contribution in [3.63, 3.8) is 0 Å². The van der Waals surface area contributed by atoms with Crippen LogP contribution in [-0.2, 0) is 11.3 Å². The number of hydrogen-bond acceptors (Lipinski definition) is 7.